The van der Waals surface area contributed by atoms with Gasteiger partial charge in [0.05, 0.1) is 12.2 Å². The first-order valence-corrected chi connectivity index (χ1v) is 6.66. The molecule has 1 fully saturated rings. The number of carbonyl (C=O) groups is 1. The van der Waals surface area contributed by atoms with Crippen LogP contribution in [-0.2, 0) is 4.79 Å². The lowest BCUT2D eigenvalue weighted by molar-refractivity contribution is -0.118. The predicted molar refractivity (Wildman–Crippen MR) is 71.0 cm³/mol. The molecular weight excluding hydrogens is 226 g/mol. The lowest BCUT2D eigenvalue weighted by Crippen LogP contribution is -2.29. The number of pyridine rings is 1. The third-order valence-electron chi connectivity index (χ3n) is 3.27. The van der Waals surface area contributed by atoms with Gasteiger partial charge in [-0.1, -0.05) is 25.8 Å². The average molecular weight is 247 g/mol. The molecule has 0 unspecified atom stereocenters. The Balaban J connectivity index is 2.04. The molecule has 0 radical (unpaired) electrons. The first-order valence-electron chi connectivity index (χ1n) is 6.66. The fourth-order valence-corrected chi connectivity index (χ4v) is 2.24. The second-order valence-corrected chi connectivity index (χ2v) is 4.91. The molecule has 1 aliphatic rings. The number of hydrogen-bond acceptors (Lipinski definition) is 3. The lowest BCUT2D eigenvalue weighted by atomic mass is 10.2. The van der Waals surface area contributed by atoms with Crippen molar-refractivity contribution in [2.45, 2.75) is 39.3 Å². The van der Waals surface area contributed by atoms with Crippen molar-refractivity contribution < 1.29 is 4.79 Å². The van der Waals surface area contributed by atoms with Gasteiger partial charge in [0, 0.05) is 12.7 Å². The van der Waals surface area contributed by atoms with E-state index in [-0.39, 0.29) is 12.1 Å². The zero-order chi connectivity index (χ0) is 13.0. The third kappa shape index (κ3) is 3.07. The van der Waals surface area contributed by atoms with E-state index in [1.165, 1.54) is 12.8 Å². The fraction of sp³-hybridized carbons (Fsp3) is 0.571. The minimum Gasteiger partial charge on any atom is -0.334 e. The summed E-state index contributed by atoms with van der Waals surface area (Å²) in [6, 6.07) is 4.04. The highest BCUT2D eigenvalue weighted by Crippen LogP contribution is 2.21. The Morgan fingerprint density at radius 2 is 2.28 bits per heavy atom. The van der Waals surface area contributed by atoms with Crippen LogP contribution in [-0.4, -0.2) is 28.9 Å². The Morgan fingerprint density at radius 1 is 1.44 bits per heavy atom. The normalized spacial score (nSPS) is 20.1. The van der Waals surface area contributed by atoms with Crippen LogP contribution in [0, 0.1) is 6.92 Å². The Kier molecular flexibility index (Phi) is 4.31. The summed E-state index contributed by atoms with van der Waals surface area (Å²) in [5.74, 6) is 0.0962. The number of carbonyl (C=O) groups excluding carboxylic acids is 1. The van der Waals surface area contributed by atoms with Gasteiger partial charge in [0.2, 0.25) is 5.91 Å². The molecule has 0 bridgehead atoms. The van der Waals surface area contributed by atoms with Crippen molar-refractivity contribution in [3.8, 4) is 0 Å². The highest BCUT2D eigenvalue weighted by Gasteiger charge is 2.30. The van der Waals surface area contributed by atoms with E-state index >= 15 is 0 Å². The molecule has 1 saturated heterocycles. The van der Waals surface area contributed by atoms with Gasteiger partial charge < -0.3 is 5.32 Å². The average Bonchev–Trinajstić information content (AvgIpc) is 2.72. The van der Waals surface area contributed by atoms with Gasteiger partial charge in [-0.2, -0.15) is 0 Å². The largest absolute Gasteiger partial charge is 0.334 e. The third-order valence-corrected chi connectivity index (χ3v) is 3.27. The molecule has 0 aliphatic carbocycles. The van der Waals surface area contributed by atoms with E-state index in [1.807, 2.05) is 25.3 Å². The summed E-state index contributed by atoms with van der Waals surface area (Å²) in [6.07, 6.45) is 5.34. The minimum atomic E-state index is -0.0463. The topological polar surface area (TPSA) is 45.2 Å². The highest BCUT2D eigenvalue weighted by molar-refractivity contribution is 5.80. The summed E-state index contributed by atoms with van der Waals surface area (Å²) < 4.78 is 0. The molecule has 1 atom stereocenters. The van der Waals surface area contributed by atoms with Gasteiger partial charge in [-0.15, -0.1) is 0 Å². The first kappa shape index (κ1) is 13.0. The van der Waals surface area contributed by atoms with Crippen molar-refractivity contribution >= 4 is 5.91 Å². The van der Waals surface area contributed by atoms with Crippen molar-refractivity contribution in [2.24, 2.45) is 0 Å². The Labute approximate surface area is 108 Å². The Morgan fingerprint density at radius 3 is 2.94 bits per heavy atom. The van der Waals surface area contributed by atoms with Gasteiger partial charge in [0.25, 0.3) is 0 Å². The van der Waals surface area contributed by atoms with Gasteiger partial charge >= 0.3 is 0 Å². The van der Waals surface area contributed by atoms with E-state index in [0.29, 0.717) is 6.54 Å². The maximum absolute atomic E-state index is 11.6. The van der Waals surface area contributed by atoms with Gasteiger partial charge in [0.1, 0.15) is 6.17 Å². The first-order chi connectivity index (χ1) is 8.70. The van der Waals surface area contributed by atoms with Crippen LogP contribution < -0.4 is 5.32 Å². The predicted octanol–water partition coefficient (Wildman–Crippen LogP) is 2.01. The van der Waals surface area contributed by atoms with E-state index in [4.69, 9.17) is 0 Å². The number of nitrogens with zero attached hydrogens (tertiary/aromatic N) is 2. The molecule has 0 spiro atoms. The molecule has 1 N–H and O–H groups in total. The van der Waals surface area contributed by atoms with Crippen LogP contribution >= 0.6 is 0 Å². The number of aryl methyl sites for hydroxylation is 1. The molecular formula is C14H21N3O. The summed E-state index contributed by atoms with van der Waals surface area (Å²) in [4.78, 5) is 18.1. The Hall–Kier alpha value is -1.42. The standard InChI is InChI=1S/C14H21N3O/c1-3-4-5-8-17-10-13(18)16-14(17)12-7-6-11(2)9-15-12/h6-7,9,14H,3-5,8,10H2,1-2H3,(H,16,18)/t14-/m0/s1. The molecule has 18 heavy (non-hydrogen) atoms. The number of rotatable bonds is 5. The monoisotopic (exact) mass is 247 g/mol. The SMILES string of the molecule is CCCCCN1CC(=O)N[C@@H]1c1ccc(C)cn1. The molecule has 1 aromatic heterocycles. The summed E-state index contributed by atoms with van der Waals surface area (Å²) in [6.45, 7) is 5.65. The van der Waals surface area contributed by atoms with E-state index in [9.17, 15) is 4.79 Å². The number of hydrogen-bond donors (Lipinski definition) is 1. The van der Waals surface area contributed by atoms with E-state index in [0.717, 1.165) is 24.2 Å². The Bertz CT molecular complexity index is 402. The van der Waals surface area contributed by atoms with Crippen LogP contribution in [0.15, 0.2) is 18.3 Å². The maximum Gasteiger partial charge on any atom is 0.235 e. The second kappa shape index (κ2) is 5.96. The molecule has 1 aliphatic heterocycles. The van der Waals surface area contributed by atoms with Crippen molar-refractivity contribution in [3.05, 3.63) is 29.6 Å². The minimum absolute atomic E-state index is 0.0463. The van der Waals surface area contributed by atoms with Crippen LogP contribution in [0.4, 0.5) is 0 Å². The second-order valence-electron chi connectivity index (χ2n) is 4.91. The molecule has 0 aromatic carbocycles. The van der Waals surface area contributed by atoms with Crippen molar-refractivity contribution in [1.29, 1.82) is 0 Å². The van der Waals surface area contributed by atoms with E-state index in [1.54, 1.807) is 0 Å². The van der Waals surface area contributed by atoms with Crippen LogP contribution in [0.1, 0.15) is 43.6 Å². The molecule has 1 aromatic rings. The van der Waals surface area contributed by atoms with Crippen LogP contribution in [0.5, 0.6) is 0 Å². The molecule has 98 valence electrons. The van der Waals surface area contributed by atoms with Crippen LogP contribution in [0.3, 0.4) is 0 Å². The van der Waals surface area contributed by atoms with Crippen molar-refractivity contribution in [2.75, 3.05) is 13.1 Å². The molecule has 2 rings (SSSR count). The number of unbranched alkanes of at least 4 members (excludes halogenated alkanes) is 2. The van der Waals surface area contributed by atoms with Gasteiger partial charge in [-0.3, -0.25) is 14.7 Å². The number of nitrogens with one attached hydrogen (secondary N) is 1. The molecule has 1 amide bonds. The maximum atomic E-state index is 11.6. The summed E-state index contributed by atoms with van der Waals surface area (Å²) in [5.41, 5.74) is 2.07. The summed E-state index contributed by atoms with van der Waals surface area (Å²) in [5, 5.41) is 2.99. The van der Waals surface area contributed by atoms with Gasteiger partial charge in [0.15, 0.2) is 0 Å². The van der Waals surface area contributed by atoms with Gasteiger partial charge in [-0.05, 0) is 25.0 Å². The van der Waals surface area contributed by atoms with Crippen molar-refractivity contribution in [1.82, 2.24) is 15.2 Å². The number of amides is 1. The lowest BCUT2D eigenvalue weighted by Gasteiger charge is -2.22. The molecule has 2 heterocycles. The van der Waals surface area contributed by atoms with Crippen LogP contribution in [0.25, 0.3) is 0 Å². The molecule has 4 heteroatoms. The summed E-state index contributed by atoms with van der Waals surface area (Å²) >= 11 is 0. The highest BCUT2D eigenvalue weighted by atomic mass is 16.2. The quantitative estimate of drug-likeness (QED) is 0.810. The summed E-state index contributed by atoms with van der Waals surface area (Å²) in [7, 11) is 0. The fourth-order valence-electron chi connectivity index (χ4n) is 2.24. The molecule has 0 saturated carbocycles. The smallest absolute Gasteiger partial charge is 0.235 e. The van der Waals surface area contributed by atoms with Crippen LogP contribution in [0.2, 0.25) is 0 Å². The van der Waals surface area contributed by atoms with Gasteiger partial charge in [-0.25, -0.2) is 0 Å². The zero-order valence-electron chi connectivity index (χ0n) is 11.1. The van der Waals surface area contributed by atoms with Crippen molar-refractivity contribution in [3.63, 3.8) is 0 Å². The number of aromatic nitrogens is 1. The molecule has 4 nitrogen and oxygen atoms in total. The van der Waals surface area contributed by atoms with E-state index in [2.05, 4.69) is 22.1 Å². The van der Waals surface area contributed by atoms with E-state index < -0.39 is 0 Å². The zero-order valence-corrected chi connectivity index (χ0v) is 11.1.